The van der Waals surface area contributed by atoms with E-state index in [1.165, 1.54) is 0 Å². The Hall–Kier alpha value is -1.59. The van der Waals surface area contributed by atoms with Crippen LogP contribution in [0.25, 0.3) is 0 Å². The minimum Gasteiger partial charge on any atom is -0.480 e. The van der Waals surface area contributed by atoms with E-state index in [4.69, 9.17) is 15.2 Å². The minimum absolute atomic E-state index is 0.0141. The normalized spacial score (nSPS) is 16.6. The van der Waals surface area contributed by atoms with Gasteiger partial charge in [0.15, 0.2) is 6.10 Å². The molecule has 0 radical (unpaired) electrons. The van der Waals surface area contributed by atoms with Crippen LogP contribution >= 0.6 is 0 Å². The zero-order valence-corrected chi connectivity index (χ0v) is 12.8. The first kappa shape index (κ1) is 15.8. The summed E-state index contributed by atoms with van der Waals surface area (Å²) in [5.74, 6) is 0.803. The molecule has 1 aliphatic rings. The van der Waals surface area contributed by atoms with Crippen LogP contribution < -0.4 is 10.5 Å². The fourth-order valence-electron chi connectivity index (χ4n) is 2.50. The second-order valence-corrected chi connectivity index (χ2v) is 5.30. The second-order valence-electron chi connectivity index (χ2n) is 5.30. The van der Waals surface area contributed by atoms with Crippen molar-refractivity contribution >= 4 is 5.91 Å². The molecule has 1 aliphatic heterocycles. The zero-order valence-electron chi connectivity index (χ0n) is 12.8. The summed E-state index contributed by atoms with van der Waals surface area (Å²) in [6.07, 6.45) is 0.246. The average Bonchev–Trinajstić information content (AvgIpc) is 2.51. The monoisotopic (exact) mass is 292 g/mol. The molecule has 1 amide bonds. The maximum Gasteiger partial charge on any atom is 0.263 e. The lowest BCUT2D eigenvalue weighted by atomic mass is 10.1. The Morgan fingerprint density at radius 3 is 2.81 bits per heavy atom. The van der Waals surface area contributed by atoms with Gasteiger partial charge in [-0.1, -0.05) is 18.2 Å². The summed E-state index contributed by atoms with van der Waals surface area (Å²) in [5.41, 5.74) is 7.73. The zero-order chi connectivity index (χ0) is 15.2. The van der Waals surface area contributed by atoms with Gasteiger partial charge in [0.2, 0.25) is 0 Å². The van der Waals surface area contributed by atoms with E-state index in [1.807, 2.05) is 25.1 Å². The van der Waals surface area contributed by atoms with E-state index in [2.05, 4.69) is 0 Å². The number of hydrogen-bond acceptors (Lipinski definition) is 4. The fraction of sp³-hybridized carbons (Fsp3) is 0.562. The van der Waals surface area contributed by atoms with E-state index in [9.17, 15) is 4.79 Å². The molecule has 116 valence electrons. The highest BCUT2D eigenvalue weighted by Gasteiger charge is 2.24. The van der Waals surface area contributed by atoms with Gasteiger partial charge in [-0.2, -0.15) is 0 Å². The van der Waals surface area contributed by atoms with Crippen LogP contribution in [-0.4, -0.2) is 49.8 Å². The van der Waals surface area contributed by atoms with Crippen LogP contribution in [0.4, 0.5) is 0 Å². The predicted octanol–water partition coefficient (Wildman–Crippen LogP) is 1.12. The standard InChI is InChI=1S/C16H24N2O3/c1-12-4-3-5-14(6-7-17)15(12)21-13(2)16(19)18-8-10-20-11-9-18/h3-5,13H,6-11,17H2,1-2H3. The van der Waals surface area contributed by atoms with Crippen LogP contribution in [0.3, 0.4) is 0 Å². The lowest BCUT2D eigenvalue weighted by Crippen LogP contribution is -2.46. The first-order chi connectivity index (χ1) is 10.1. The van der Waals surface area contributed by atoms with E-state index in [0.717, 1.165) is 23.3 Å². The molecule has 0 spiro atoms. The van der Waals surface area contributed by atoms with Crippen molar-refractivity contribution in [3.05, 3.63) is 29.3 Å². The van der Waals surface area contributed by atoms with Crippen LogP contribution in [0.5, 0.6) is 5.75 Å². The number of benzene rings is 1. The van der Waals surface area contributed by atoms with Gasteiger partial charge >= 0.3 is 0 Å². The lowest BCUT2D eigenvalue weighted by molar-refractivity contribution is -0.142. The molecule has 1 fully saturated rings. The van der Waals surface area contributed by atoms with Gasteiger partial charge in [-0.15, -0.1) is 0 Å². The molecule has 2 rings (SSSR count). The van der Waals surface area contributed by atoms with E-state index in [1.54, 1.807) is 11.8 Å². The molecule has 5 nitrogen and oxygen atoms in total. The summed E-state index contributed by atoms with van der Waals surface area (Å²) >= 11 is 0. The number of morpholine rings is 1. The van der Waals surface area contributed by atoms with Crippen molar-refractivity contribution in [3.8, 4) is 5.75 Å². The molecule has 0 saturated carbocycles. The number of carbonyl (C=O) groups is 1. The number of nitrogens with two attached hydrogens (primary N) is 1. The maximum atomic E-state index is 12.4. The van der Waals surface area contributed by atoms with Crippen LogP contribution in [0.2, 0.25) is 0 Å². The number of para-hydroxylation sites is 1. The van der Waals surface area contributed by atoms with Gasteiger partial charge in [0.1, 0.15) is 5.75 Å². The summed E-state index contributed by atoms with van der Waals surface area (Å²) in [7, 11) is 0. The molecule has 1 aromatic rings. The number of ether oxygens (including phenoxy) is 2. The van der Waals surface area contributed by atoms with E-state index in [-0.39, 0.29) is 5.91 Å². The Kier molecular flexibility index (Phi) is 5.59. The molecular weight excluding hydrogens is 268 g/mol. The van der Waals surface area contributed by atoms with Crippen molar-refractivity contribution in [2.45, 2.75) is 26.4 Å². The highest BCUT2D eigenvalue weighted by atomic mass is 16.5. The smallest absolute Gasteiger partial charge is 0.263 e. The molecule has 1 saturated heterocycles. The molecule has 1 atom stereocenters. The number of carbonyl (C=O) groups excluding carboxylic acids is 1. The Bertz CT molecular complexity index is 484. The lowest BCUT2D eigenvalue weighted by Gasteiger charge is -2.29. The topological polar surface area (TPSA) is 64.8 Å². The number of nitrogens with zero attached hydrogens (tertiary/aromatic N) is 1. The molecule has 21 heavy (non-hydrogen) atoms. The van der Waals surface area contributed by atoms with Crippen LogP contribution in [0, 0.1) is 6.92 Å². The molecule has 0 bridgehead atoms. The first-order valence-electron chi connectivity index (χ1n) is 7.45. The summed E-state index contributed by atoms with van der Waals surface area (Å²) in [6.45, 7) is 6.82. The van der Waals surface area contributed by atoms with Crippen molar-refractivity contribution < 1.29 is 14.3 Å². The number of hydrogen-bond donors (Lipinski definition) is 1. The van der Waals surface area contributed by atoms with Crippen molar-refractivity contribution in [3.63, 3.8) is 0 Å². The van der Waals surface area contributed by atoms with Gasteiger partial charge in [-0.3, -0.25) is 4.79 Å². The third-order valence-electron chi connectivity index (χ3n) is 3.67. The van der Waals surface area contributed by atoms with E-state index >= 15 is 0 Å². The Balaban J connectivity index is 2.07. The van der Waals surface area contributed by atoms with Gasteiger partial charge in [-0.05, 0) is 37.9 Å². The van der Waals surface area contributed by atoms with Gasteiger partial charge in [-0.25, -0.2) is 0 Å². The van der Waals surface area contributed by atoms with Crippen LogP contribution in [-0.2, 0) is 16.0 Å². The highest BCUT2D eigenvalue weighted by Crippen LogP contribution is 2.25. The first-order valence-corrected chi connectivity index (χ1v) is 7.45. The molecule has 2 N–H and O–H groups in total. The number of aryl methyl sites for hydroxylation is 1. The SMILES string of the molecule is Cc1cccc(CCN)c1OC(C)C(=O)N1CCOCC1. The van der Waals surface area contributed by atoms with Gasteiger partial charge in [0, 0.05) is 13.1 Å². The largest absolute Gasteiger partial charge is 0.480 e. The summed E-state index contributed by atoms with van der Waals surface area (Å²) < 4.78 is 11.2. The van der Waals surface area contributed by atoms with Crippen molar-refractivity contribution in [2.75, 3.05) is 32.8 Å². The Morgan fingerprint density at radius 1 is 1.43 bits per heavy atom. The third kappa shape index (κ3) is 3.95. The molecule has 0 aliphatic carbocycles. The van der Waals surface area contributed by atoms with Gasteiger partial charge < -0.3 is 20.1 Å². The molecular formula is C16H24N2O3. The minimum atomic E-state index is -0.499. The average molecular weight is 292 g/mol. The van der Waals surface area contributed by atoms with Crippen molar-refractivity contribution in [2.24, 2.45) is 5.73 Å². The molecule has 1 aromatic carbocycles. The second kappa shape index (κ2) is 7.43. The molecule has 0 aromatic heterocycles. The Morgan fingerprint density at radius 2 is 2.14 bits per heavy atom. The maximum absolute atomic E-state index is 12.4. The summed E-state index contributed by atoms with van der Waals surface area (Å²) in [5, 5.41) is 0. The Labute approximate surface area is 126 Å². The third-order valence-corrected chi connectivity index (χ3v) is 3.67. The van der Waals surface area contributed by atoms with Crippen molar-refractivity contribution in [1.29, 1.82) is 0 Å². The molecule has 1 unspecified atom stereocenters. The fourth-order valence-corrected chi connectivity index (χ4v) is 2.50. The van der Waals surface area contributed by atoms with E-state index < -0.39 is 6.10 Å². The summed E-state index contributed by atoms with van der Waals surface area (Å²) in [6, 6.07) is 5.98. The number of amides is 1. The number of rotatable bonds is 5. The van der Waals surface area contributed by atoms with Crippen LogP contribution in [0.1, 0.15) is 18.1 Å². The highest BCUT2D eigenvalue weighted by molar-refractivity contribution is 5.81. The van der Waals surface area contributed by atoms with E-state index in [0.29, 0.717) is 32.8 Å². The van der Waals surface area contributed by atoms with Crippen molar-refractivity contribution in [1.82, 2.24) is 4.90 Å². The van der Waals surface area contributed by atoms with Crippen LogP contribution in [0.15, 0.2) is 18.2 Å². The van der Waals surface area contributed by atoms with Gasteiger partial charge in [0.05, 0.1) is 13.2 Å². The van der Waals surface area contributed by atoms with Gasteiger partial charge in [0.25, 0.3) is 5.91 Å². The quantitative estimate of drug-likeness (QED) is 0.883. The summed E-state index contributed by atoms with van der Waals surface area (Å²) in [4.78, 5) is 14.2. The predicted molar refractivity (Wildman–Crippen MR) is 81.4 cm³/mol. The molecule has 1 heterocycles. The molecule has 5 heteroatoms.